The van der Waals surface area contributed by atoms with Crippen molar-refractivity contribution in [3.8, 4) is 17.3 Å². The number of amides is 3. The van der Waals surface area contributed by atoms with E-state index in [1.54, 1.807) is 15.9 Å². The number of piperazine rings is 1. The van der Waals surface area contributed by atoms with Crippen molar-refractivity contribution in [1.29, 1.82) is 5.26 Å². The van der Waals surface area contributed by atoms with Crippen LogP contribution in [0.15, 0.2) is 30.6 Å². The number of anilines is 1. The van der Waals surface area contributed by atoms with Crippen LogP contribution in [-0.4, -0.2) is 98.2 Å². The van der Waals surface area contributed by atoms with Crippen molar-refractivity contribution in [3.63, 3.8) is 0 Å². The van der Waals surface area contributed by atoms with E-state index in [4.69, 9.17) is 21.6 Å². The fourth-order valence-electron chi connectivity index (χ4n) is 5.67. The van der Waals surface area contributed by atoms with Crippen LogP contribution in [0.1, 0.15) is 39.5 Å². The molecule has 0 aliphatic carbocycles. The maximum atomic E-state index is 13.6. The summed E-state index contributed by atoms with van der Waals surface area (Å²) < 4.78 is 48.2. The minimum Gasteiger partial charge on any atom is -0.451 e. The molecule has 2 N–H and O–H groups in total. The summed E-state index contributed by atoms with van der Waals surface area (Å²) in [6.45, 7) is 1.90. The lowest BCUT2D eigenvalue weighted by Crippen LogP contribution is -2.60. The number of nitrogens with one attached hydrogen (secondary N) is 2. The number of imidazole rings is 1. The summed E-state index contributed by atoms with van der Waals surface area (Å²) in [7, 11) is 1.36. The van der Waals surface area contributed by atoms with Crippen LogP contribution in [0.3, 0.4) is 0 Å². The maximum Gasteiger partial charge on any atom is 0.435 e. The number of rotatable bonds is 8. The van der Waals surface area contributed by atoms with Crippen LogP contribution < -0.4 is 10.6 Å². The molecule has 2 saturated heterocycles. The summed E-state index contributed by atoms with van der Waals surface area (Å²) in [5.41, 5.74) is -2.46. The fraction of sp³-hybridized carbons (Fsp3) is 0.414. The molecule has 248 valence electrons. The highest BCUT2D eigenvalue weighted by atomic mass is 35.5. The molecule has 2 aliphatic rings. The van der Waals surface area contributed by atoms with Crippen molar-refractivity contribution >= 4 is 41.5 Å². The lowest BCUT2D eigenvalue weighted by molar-refractivity contribution is -0.169. The van der Waals surface area contributed by atoms with Crippen molar-refractivity contribution in [2.45, 2.75) is 31.2 Å². The second-order valence-electron chi connectivity index (χ2n) is 11.0. The molecule has 0 saturated carbocycles. The zero-order chi connectivity index (χ0) is 33.9. The SMILES string of the molecule is Cn1c(-c2cn(CC#N)nc2C(F)(F)F)cnc1C(=O)Nc1ccc(C(=O)N2CCN(C(=O)C3(OC=O)CCNCC3)CC2)c(Cl)c1. The predicted octanol–water partition coefficient (Wildman–Crippen LogP) is 2.31. The first-order valence-electron chi connectivity index (χ1n) is 14.4. The van der Waals surface area contributed by atoms with Gasteiger partial charge >= 0.3 is 6.18 Å². The largest absolute Gasteiger partial charge is 0.451 e. The smallest absolute Gasteiger partial charge is 0.435 e. The van der Waals surface area contributed by atoms with E-state index >= 15 is 0 Å². The zero-order valence-corrected chi connectivity index (χ0v) is 25.8. The lowest BCUT2D eigenvalue weighted by Gasteiger charge is -2.41. The van der Waals surface area contributed by atoms with Gasteiger partial charge in [0.15, 0.2) is 17.1 Å². The molecule has 0 radical (unpaired) electrons. The van der Waals surface area contributed by atoms with Crippen molar-refractivity contribution in [2.24, 2.45) is 7.05 Å². The quantitative estimate of drug-likeness (QED) is 0.341. The van der Waals surface area contributed by atoms with Crippen LogP contribution in [0.5, 0.6) is 0 Å². The van der Waals surface area contributed by atoms with E-state index in [2.05, 4.69) is 20.7 Å². The summed E-state index contributed by atoms with van der Waals surface area (Å²) in [4.78, 5) is 57.9. The van der Waals surface area contributed by atoms with Crippen molar-refractivity contribution in [1.82, 2.24) is 34.4 Å². The van der Waals surface area contributed by atoms with Crippen molar-refractivity contribution in [3.05, 3.63) is 52.7 Å². The monoisotopic (exact) mass is 675 g/mol. The molecule has 5 rings (SSSR count). The predicted molar refractivity (Wildman–Crippen MR) is 159 cm³/mol. The Labute approximate surface area is 271 Å². The van der Waals surface area contributed by atoms with E-state index in [1.165, 1.54) is 29.8 Å². The third kappa shape index (κ3) is 6.79. The van der Waals surface area contributed by atoms with Gasteiger partial charge in [0.1, 0.15) is 6.54 Å². The normalized spacial score (nSPS) is 16.3. The average Bonchev–Trinajstić information content (AvgIpc) is 3.64. The first-order valence-corrected chi connectivity index (χ1v) is 14.8. The third-order valence-corrected chi connectivity index (χ3v) is 8.43. The number of carbonyl (C=O) groups excluding carboxylic acids is 4. The van der Waals surface area contributed by atoms with Gasteiger partial charge in [0.05, 0.1) is 34.1 Å². The van der Waals surface area contributed by atoms with Crippen LogP contribution in [-0.2, 0) is 34.1 Å². The van der Waals surface area contributed by atoms with Gasteiger partial charge in [0.2, 0.25) is 0 Å². The highest BCUT2D eigenvalue weighted by Crippen LogP contribution is 2.36. The van der Waals surface area contributed by atoms with E-state index in [1.807, 2.05) is 0 Å². The second-order valence-corrected chi connectivity index (χ2v) is 11.4. The number of hydrogen-bond donors (Lipinski definition) is 2. The first-order chi connectivity index (χ1) is 22.4. The van der Waals surface area contributed by atoms with Gasteiger partial charge in [-0.25, -0.2) is 4.98 Å². The number of hydrogen-bond acceptors (Lipinski definition) is 9. The fourth-order valence-corrected chi connectivity index (χ4v) is 5.93. The molecule has 47 heavy (non-hydrogen) atoms. The van der Waals surface area contributed by atoms with Gasteiger partial charge in [-0.05, 0) is 31.3 Å². The summed E-state index contributed by atoms with van der Waals surface area (Å²) in [5.74, 6) is -1.63. The molecule has 3 aromatic rings. The molecule has 0 unspecified atom stereocenters. The van der Waals surface area contributed by atoms with Crippen LogP contribution >= 0.6 is 11.6 Å². The molecule has 0 atom stereocenters. The molecule has 4 heterocycles. The Hall–Kier alpha value is -4.95. The number of halogens is 4. The minimum atomic E-state index is -4.81. The van der Waals surface area contributed by atoms with Crippen molar-refractivity contribution < 1.29 is 37.1 Å². The summed E-state index contributed by atoms with van der Waals surface area (Å²) in [6, 6.07) is 5.98. The number of nitrogens with zero attached hydrogens (tertiary/aromatic N) is 7. The van der Waals surface area contributed by atoms with Gasteiger partial charge < -0.3 is 29.7 Å². The molecule has 0 bridgehead atoms. The highest BCUT2D eigenvalue weighted by Gasteiger charge is 2.45. The second kappa shape index (κ2) is 13.4. The lowest BCUT2D eigenvalue weighted by atomic mass is 9.90. The number of piperidine rings is 1. The molecular weight excluding hydrogens is 647 g/mol. The number of benzene rings is 1. The number of alkyl halides is 3. The van der Waals surface area contributed by atoms with Gasteiger partial charge in [0, 0.05) is 58.0 Å². The number of carbonyl (C=O) groups is 4. The molecular formula is C29H29ClF3N9O5. The number of nitriles is 1. The number of ether oxygens (including phenoxy) is 1. The molecule has 14 nitrogen and oxygen atoms in total. The van der Waals surface area contributed by atoms with Gasteiger partial charge in [0.25, 0.3) is 24.2 Å². The zero-order valence-electron chi connectivity index (χ0n) is 25.0. The Bertz CT molecular complexity index is 1740. The van der Waals surface area contributed by atoms with E-state index in [-0.39, 0.29) is 71.3 Å². The maximum absolute atomic E-state index is 13.6. The highest BCUT2D eigenvalue weighted by molar-refractivity contribution is 6.34. The molecule has 18 heteroatoms. The summed E-state index contributed by atoms with van der Waals surface area (Å²) >= 11 is 6.43. The Kier molecular flexibility index (Phi) is 9.54. The van der Waals surface area contributed by atoms with Gasteiger partial charge in [-0.2, -0.15) is 23.5 Å². The van der Waals surface area contributed by atoms with Crippen LogP contribution in [0.4, 0.5) is 18.9 Å². The topological polar surface area (TPSA) is 167 Å². The van der Waals surface area contributed by atoms with E-state index in [0.29, 0.717) is 32.4 Å². The van der Waals surface area contributed by atoms with Crippen LogP contribution in [0.25, 0.3) is 11.3 Å². The molecule has 1 aromatic carbocycles. The average molecular weight is 676 g/mol. The van der Waals surface area contributed by atoms with Gasteiger partial charge in [-0.1, -0.05) is 11.6 Å². The Morgan fingerprint density at radius 2 is 1.85 bits per heavy atom. The molecule has 2 aliphatic heterocycles. The van der Waals surface area contributed by atoms with E-state index < -0.39 is 29.9 Å². The van der Waals surface area contributed by atoms with Crippen LogP contribution in [0.2, 0.25) is 5.02 Å². The van der Waals surface area contributed by atoms with Gasteiger partial charge in [-0.3, -0.25) is 23.9 Å². The Balaban J connectivity index is 1.24. The van der Waals surface area contributed by atoms with E-state index in [9.17, 15) is 32.3 Å². The van der Waals surface area contributed by atoms with E-state index in [0.717, 1.165) is 17.1 Å². The molecule has 0 spiro atoms. The van der Waals surface area contributed by atoms with Crippen LogP contribution in [0, 0.1) is 11.3 Å². The molecule has 3 amide bonds. The van der Waals surface area contributed by atoms with Crippen molar-refractivity contribution in [2.75, 3.05) is 44.6 Å². The minimum absolute atomic E-state index is 0.0413. The van der Waals surface area contributed by atoms with Gasteiger partial charge in [-0.15, -0.1) is 0 Å². The Morgan fingerprint density at radius 3 is 2.47 bits per heavy atom. The third-order valence-electron chi connectivity index (χ3n) is 8.12. The standard InChI is InChI=1S/C29H29ClF3N9O5/c1-39-22(20-16-42(9-6-34)38-23(20)29(31,32)33)15-36-24(39)25(44)37-18-2-3-19(21(30)14-18)26(45)40-10-12-41(13-11-40)27(46)28(47-17-43)4-7-35-8-5-28/h2-3,14-17,35H,4-5,7-13H2,1H3,(H,37,44). The molecule has 2 aromatic heterocycles. The Morgan fingerprint density at radius 1 is 1.17 bits per heavy atom. The first kappa shape index (κ1) is 33.4. The molecule has 2 fully saturated rings. The summed E-state index contributed by atoms with van der Waals surface area (Å²) in [5, 5.41) is 18.1. The summed E-state index contributed by atoms with van der Waals surface area (Å²) in [6.07, 6.45) is -1.94. The number of aromatic nitrogens is 4.